The summed E-state index contributed by atoms with van der Waals surface area (Å²) in [5, 5.41) is 0. The van der Waals surface area contributed by atoms with Crippen LogP contribution in [0, 0.1) is 0 Å². The summed E-state index contributed by atoms with van der Waals surface area (Å²) in [6.07, 6.45) is 0. The number of ether oxygens (including phenoxy) is 1. The minimum Gasteiger partial charge on any atom is -0.465 e. The average molecular weight is 173 g/mol. The Kier molecular flexibility index (Phi) is 5.72. The van der Waals surface area contributed by atoms with Crippen LogP contribution in [-0.4, -0.2) is 36.6 Å². The van der Waals surface area contributed by atoms with E-state index < -0.39 is 0 Å². The molecule has 12 heavy (non-hydrogen) atoms. The summed E-state index contributed by atoms with van der Waals surface area (Å²) in [6, 6.07) is -0.111. The standard InChI is InChI=1S/C9H19NO2/c1-5-10(6-2)8(4)9(11)12-7-3/h8H,5-7H2,1-4H3/t8-/m0/s1. The highest BCUT2D eigenvalue weighted by Gasteiger charge is 2.18. The number of hydrogen-bond donors (Lipinski definition) is 0. The van der Waals surface area contributed by atoms with Crippen molar-refractivity contribution in [2.24, 2.45) is 0 Å². The van der Waals surface area contributed by atoms with Gasteiger partial charge in [-0.2, -0.15) is 0 Å². The largest absolute Gasteiger partial charge is 0.465 e. The molecule has 0 unspecified atom stereocenters. The molecule has 0 aliphatic rings. The molecule has 0 rings (SSSR count). The first-order valence-electron chi connectivity index (χ1n) is 4.57. The number of likely N-dealkylation sites (N-methyl/N-ethyl adjacent to an activating group) is 1. The summed E-state index contributed by atoms with van der Waals surface area (Å²) in [4.78, 5) is 13.3. The van der Waals surface area contributed by atoms with Gasteiger partial charge in [-0.3, -0.25) is 9.69 Å². The quantitative estimate of drug-likeness (QED) is 0.586. The minimum absolute atomic E-state index is 0.111. The fourth-order valence-corrected chi connectivity index (χ4v) is 1.18. The summed E-state index contributed by atoms with van der Waals surface area (Å²) >= 11 is 0. The molecule has 0 aromatic carbocycles. The van der Waals surface area contributed by atoms with E-state index >= 15 is 0 Å². The lowest BCUT2D eigenvalue weighted by Crippen LogP contribution is -2.39. The smallest absolute Gasteiger partial charge is 0.323 e. The number of rotatable bonds is 5. The zero-order chi connectivity index (χ0) is 9.56. The van der Waals surface area contributed by atoms with Crippen LogP contribution in [-0.2, 0) is 9.53 Å². The lowest BCUT2D eigenvalue weighted by atomic mass is 10.3. The number of carbonyl (C=O) groups excluding carboxylic acids is 1. The van der Waals surface area contributed by atoms with Crippen molar-refractivity contribution in [3.05, 3.63) is 0 Å². The monoisotopic (exact) mass is 173 g/mol. The molecule has 3 heteroatoms. The van der Waals surface area contributed by atoms with Crippen molar-refractivity contribution >= 4 is 5.97 Å². The molecule has 1 atom stereocenters. The number of nitrogens with zero attached hydrogens (tertiary/aromatic N) is 1. The van der Waals surface area contributed by atoms with E-state index in [4.69, 9.17) is 4.74 Å². The molecule has 0 aliphatic heterocycles. The molecule has 0 aromatic rings. The normalized spacial score (nSPS) is 13.1. The molecule has 3 nitrogen and oxygen atoms in total. The number of carbonyl (C=O) groups is 1. The van der Waals surface area contributed by atoms with E-state index in [1.165, 1.54) is 0 Å². The predicted molar refractivity (Wildman–Crippen MR) is 49.0 cm³/mol. The maximum Gasteiger partial charge on any atom is 0.323 e. The topological polar surface area (TPSA) is 29.5 Å². The van der Waals surface area contributed by atoms with Crippen molar-refractivity contribution in [3.8, 4) is 0 Å². The molecular formula is C9H19NO2. The second-order valence-corrected chi connectivity index (χ2v) is 2.65. The first kappa shape index (κ1) is 11.4. The molecular weight excluding hydrogens is 154 g/mol. The van der Waals surface area contributed by atoms with Crippen LogP contribution in [0.25, 0.3) is 0 Å². The second-order valence-electron chi connectivity index (χ2n) is 2.65. The Morgan fingerprint density at radius 3 is 2.17 bits per heavy atom. The van der Waals surface area contributed by atoms with Crippen molar-refractivity contribution in [2.45, 2.75) is 33.7 Å². The fraction of sp³-hybridized carbons (Fsp3) is 0.889. The maximum absolute atomic E-state index is 11.2. The van der Waals surface area contributed by atoms with Crippen LogP contribution in [0.15, 0.2) is 0 Å². The zero-order valence-corrected chi connectivity index (χ0v) is 8.46. The summed E-state index contributed by atoms with van der Waals surface area (Å²) in [7, 11) is 0. The Labute approximate surface area is 74.7 Å². The summed E-state index contributed by atoms with van der Waals surface area (Å²) in [6.45, 7) is 10.0. The van der Waals surface area contributed by atoms with E-state index in [-0.39, 0.29) is 12.0 Å². The predicted octanol–water partition coefficient (Wildman–Crippen LogP) is 1.28. The van der Waals surface area contributed by atoms with E-state index in [1.54, 1.807) is 0 Å². The molecule has 0 spiro atoms. The van der Waals surface area contributed by atoms with E-state index in [9.17, 15) is 4.79 Å². The van der Waals surface area contributed by atoms with E-state index in [1.807, 2.05) is 27.7 Å². The van der Waals surface area contributed by atoms with E-state index in [2.05, 4.69) is 4.90 Å². The van der Waals surface area contributed by atoms with Gasteiger partial charge >= 0.3 is 5.97 Å². The highest BCUT2D eigenvalue weighted by molar-refractivity contribution is 5.75. The Hall–Kier alpha value is -0.570. The molecule has 0 bridgehead atoms. The number of esters is 1. The third-order valence-corrected chi connectivity index (χ3v) is 1.99. The van der Waals surface area contributed by atoms with Crippen molar-refractivity contribution in [1.82, 2.24) is 4.90 Å². The molecule has 0 aromatic heterocycles. The summed E-state index contributed by atoms with van der Waals surface area (Å²) < 4.78 is 4.91. The second kappa shape index (κ2) is 6.00. The van der Waals surface area contributed by atoms with Gasteiger partial charge in [0.25, 0.3) is 0 Å². The minimum atomic E-state index is -0.124. The van der Waals surface area contributed by atoms with E-state index in [0.717, 1.165) is 13.1 Å². The van der Waals surface area contributed by atoms with Gasteiger partial charge in [-0.05, 0) is 26.9 Å². The lowest BCUT2D eigenvalue weighted by molar-refractivity contribution is -0.148. The first-order valence-corrected chi connectivity index (χ1v) is 4.57. The molecule has 0 amide bonds. The van der Waals surface area contributed by atoms with Gasteiger partial charge in [-0.1, -0.05) is 13.8 Å². The van der Waals surface area contributed by atoms with Crippen LogP contribution >= 0.6 is 0 Å². The lowest BCUT2D eigenvalue weighted by Gasteiger charge is -2.24. The molecule has 0 aliphatic carbocycles. The molecule has 0 saturated heterocycles. The van der Waals surface area contributed by atoms with Crippen LogP contribution in [0.4, 0.5) is 0 Å². The molecule has 0 heterocycles. The van der Waals surface area contributed by atoms with Crippen LogP contribution in [0.3, 0.4) is 0 Å². The molecule has 0 saturated carbocycles. The van der Waals surface area contributed by atoms with Crippen LogP contribution in [0.2, 0.25) is 0 Å². The van der Waals surface area contributed by atoms with Gasteiger partial charge in [-0.15, -0.1) is 0 Å². The third-order valence-electron chi connectivity index (χ3n) is 1.99. The Morgan fingerprint density at radius 2 is 1.83 bits per heavy atom. The summed E-state index contributed by atoms with van der Waals surface area (Å²) in [5.41, 5.74) is 0. The molecule has 72 valence electrons. The van der Waals surface area contributed by atoms with Crippen molar-refractivity contribution in [2.75, 3.05) is 19.7 Å². The van der Waals surface area contributed by atoms with Crippen LogP contribution in [0.5, 0.6) is 0 Å². The average Bonchev–Trinajstić information content (AvgIpc) is 2.07. The van der Waals surface area contributed by atoms with Gasteiger partial charge in [0.2, 0.25) is 0 Å². The van der Waals surface area contributed by atoms with Crippen molar-refractivity contribution in [3.63, 3.8) is 0 Å². The Morgan fingerprint density at radius 1 is 1.33 bits per heavy atom. The van der Waals surface area contributed by atoms with Gasteiger partial charge in [0.1, 0.15) is 6.04 Å². The maximum atomic E-state index is 11.2. The van der Waals surface area contributed by atoms with Crippen molar-refractivity contribution in [1.29, 1.82) is 0 Å². The summed E-state index contributed by atoms with van der Waals surface area (Å²) in [5.74, 6) is -0.124. The molecule has 0 radical (unpaired) electrons. The number of hydrogen-bond acceptors (Lipinski definition) is 3. The molecule has 0 fully saturated rings. The molecule has 0 N–H and O–H groups in total. The SMILES string of the molecule is CCOC(=O)[C@H](C)N(CC)CC. The van der Waals surface area contributed by atoms with Gasteiger partial charge in [0.15, 0.2) is 0 Å². The van der Waals surface area contributed by atoms with Gasteiger partial charge in [-0.25, -0.2) is 0 Å². The van der Waals surface area contributed by atoms with Crippen molar-refractivity contribution < 1.29 is 9.53 Å². The van der Waals surface area contributed by atoms with Gasteiger partial charge in [0.05, 0.1) is 6.61 Å². The fourth-order valence-electron chi connectivity index (χ4n) is 1.18. The highest BCUT2D eigenvalue weighted by Crippen LogP contribution is 2.00. The van der Waals surface area contributed by atoms with Crippen LogP contribution < -0.4 is 0 Å². The zero-order valence-electron chi connectivity index (χ0n) is 8.46. The Bertz CT molecular complexity index is 132. The highest BCUT2D eigenvalue weighted by atomic mass is 16.5. The van der Waals surface area contributed by atoms with Crippen LogP contribution in [0.1, 0.15) is 27.7 Å². The van der Waals surface area contributed by atoms with Gasteiger partial charge < -0.3 is 4.74 Å². The van der Waals surface area contributed by atoms with Gasteiger partial charge in [0, 0.05) is 0 Å². The third kappa shape index (κ3) is 3.22. The Balaban J connectivity index is 3.96. The van der Waals surface area contributed by atoms with E-state index in [0.29, 0.717) is 6.61 Å². The first-order chi connectivity index (χ1) is 5.67.